The van der Waals surface area contributed by atoms with Crippen LogP contribution in [0.5, 0.6) is 0 Å². The Morgan fingerprint density at radius 1 is 1.22 bits per heavy atom. The number of thiophene rings is 1. The van der Waals surface area contributed by atoms with Crippen molar-refractivity contribution in [3.63, 3.8) is 0 Å². The van der Waals surface area contributed by atoms with Gasteiger partial charge in [-0.3, -0.25) is 4.90 Å². The molecule has 1 aromatic carbocycles. The van der Waals surface area contributed by atoms with Crippen molar-refractivity contribution in [1.82, 2.24) is 4.90 Å². The van der Waals surface area contributed by atoms with Crippen LogP contribution in [0.2, 0.25) is 0 Å². The van der Waals surface area contributed by atoms with Gasteiger partial charge in [-0.15, -0.1) is 11.3 Å². The quantitative estimate of drug-likeness (QED) is 0.780. The van der Waals surface area contributed by atoms with Gasteiger partial charge in [-0.2, -0.15) is 0 Å². The molecule has 0 aliphatic carbocycles. The molecule has 2 N–H and O–H groups in total. The second-order valence-corrected chi connectivity index (χ2v) is 7.43. The minimum atomic E-state index is 0.805. The average molecular weight is 390 g/mol. The summed E-state index contributed by atoms with van der Waals surface area (Å²) >= 11 is 8.77. The molecule has 0 saturated carbocycles. The van der Waals surface area contributed by atoms with Gasteiger partial charge in [0, 0.05) is 23.2 Å². The smallest absolute Gasteiger partial charge is 0.0701 e. The molecule has 0 aliphatic rings. The van der Waals surface area contributed by atoms with Crippen molar-refractivity contribution in [2.45, 2.75) is 13.1 Å². The molecule has 0 bridgehead atoms. The van der Waals surface area contributed by atoms with Crippen LogP contribution in [0.1, 0.15) is 11.1 Å². The molecule has 0 aliphatic heterocycles. The van der Waals surface area contributed by atoms with E-state index < -0.39 is 0 Å². The van der Waals surface area contributed by atoms with Gasteiger partial charge in [0.1, 0.15) is 0 Å². The molecule has 1 aromatic heterocycles. The molecule has 2 aromatic rings. The second kappa shape index (κ2) is 6.19. The molecule has 0 atom stereocenters. The monoisotopic (exact) mass is 388 g/mol. The Labute approximate surface area is 128 Å². The first-order chi connectivity index (χ1) is 8.54. The zero-order valence-corrected chi connectivity index (χ0v) is 14.0. The van der Waals surface area contributed by atoms with Gasteiger partial charge in [0.2, 0.25) is 0 Å². The van der Waals surface area contributed by atoms with Crippen molar-refractivity contribution in [3.05, 3.63) is 49.0 Å². The van der Waals surface area contributed by atoms with Crippen LogP contribution in [0.15, 0.2) is 37.9 Å². The standard InChI is InChI=1S/C13H14Br2N2S/c1-17(6-9-4-13(15)18-8-9)7-10-5-11(16)2-3-12(10)14/h2-5,8H,6-7,16H2,1H3. The fourth-order valence-electron chi connectivity index (χ4n) is 1.80. The first-order valence-electron chi connectivity index (χ1n) is 5.50. The Hall–Kier alpha value is -0.360. The van der Waals surface area contributed by atoms with E-state index in [1.807, 2.05) is 18.2 Å². The van der Waals surface area contributed by atoms with Gasteiger partial charge >= 0.3 is 0 Å². The van der Waals surface area contributed by atoms with E-state index in [-0.39, 0.29) is 0 Å². The lowest BCUT2D eigenvalue weighted by atomic mass is 10.2. The van der Waals surface area contributed by atoms with E-state index in [9.17, 15) is 0 Å². The molecule has 0 saturated heterocycles. The van der Waals surface area contributed by atoms with Crippen molar-refractivity contribution in [1.29, 1.82) is 0 Å². The summed E-state index contributed by atoms with van der Waals surface area (Å²) in [6, 6.07) is 8.09. The van der Waals surface area contributed by atoms with Crippen molar-refractivity contribution in [2.24, 2.45) is 0 Å². The lowest BCUT2D eigenvalue weighted by molar-refractivity contribution is 0.319. The zero-order chi connectivity index (χ0) is 13.1. The summed E-state index contributed by atoms with van der Waals surface area (Å²) in [5, 5.41) is 2.18. The number of hydrogen-bond donors (Lipinski definition) is 1. The normalized spacial score (nSPS) is 11.1. The van der Waals surface area contributed by atoms with Crippen molar-refractivity contribution in [3.8, 4) is 0 Å². The summed E-state index contributed by atoms with van der Waals surface area (Å²) in [6.07, 6.45) is 0. The first-order valence-corrected chi connectivity index (χ1v) is 7.96. The summed E-state index contributed by atoms with van der Waals surface area (Å²) in [6.45, 7) is 1.81. The highest BCUT2D eigenvalue weighted by Crippen LogP contribution is 2.24. The number of nitrogen functional groups attached to an aromatic ring is 1. The molecular weight excluding hydrogens is 376 g/mol. The third-order valence-corrected chi connectivity index (χ3v) is 4.91. The number of rotatable bonds is 4. The van der Waals surface area contributed by atoms with Crippen molar-refractivity contribution >= 4 is 48.9 Å². The molecule has 96 valence electrons. The summed E-state index contributed by atoms with van der Waals surface area (Å²) < 4.78 is 2.28. The largest absolute Gasteiger partial charge is 0.399 e. The lowest BCUT2D eigenvalue weighted by Crippen LogP contribution is -2.17. The van der Waals surface area contributed by atoms with Crippen LogP contribution in [0.3, 0.4) is 0 Å². The molecule has 1 heterocycles. The van der Waals surface area contributed by atoms with Crippen molar-refractivity contribution < 1.29 is 0 Å². The molecular formula is C13H14Br2N2S. The van der Waals surface area contributed by atoms with Crippen LogP contribution in [0.4, 0.5) is 5.69 Å². The van der Waals surface area contributed by atoms with E-state index >= 15 is 0 Å². The van der Waals surface area contributed by atoms with Crippen molar-refractivity contribution in [2.75, 3.05) is 12.8 Å². The number of hydrogen-bond acceptors (Lipinski definition) is 3. The molecule has 18 heavy (non-hydrogen) atoms. The predicted molar refractivity (Wildman–Crippen MR) is 85.7 cm³/mol. The SMILES string of the molecule is CN(Cc1csc(Br)c1)Cc1cc(N)ccc1Br. The maximum atomic E-state index is 5.82. The fourth-order valence-corrected chi connectivity index (χ4v) is 3.38. The minimum Gasteiger partial charge on any atom is -0.399 e. The molecule has 5 heteroatoms. The number of benzene rings is 1. The number of nitrogens with two attached hydrogens (primary N) is 1. The van der Waals surface area contributed by atoms with Gasteiger partial charge in [-0.05, 0) is 63.8 Å². The summed E-state index contributed by atoms with van der Waals surface area (Å²) in [4.78, 5) is 2.27. The third kappa shape index (κ3) is 3.82. The highest BCUT2D eigenvalue weighted by molar-refractivity contribution is 9.11. The fraction of sp³-hybridized carbons (Fsp3) is 0.231. The third-order valence-electron chi connectivity index (χ3n) is 2.58. The van der Waals surface area contributed by atoms with Gasteiger partial charge in [-0.1, -0.05) is 15.9 Å². The Morgan fingerprint density at radius 2 is 2.00 bits per heavy atom. The summed E-state index contributed by atoms with van der Waals surface area (Å²) in [7, 11) is 2.11. The second-order valence-electron chi connectivity index (χ2n) is 4.28. The van der Waals surface area contributed by atoms with E-state index in [0.717, 1.165) is 23.2 Å². The number of anilines is 1. The highest BCUT2D eigenvalue weighted by Gasteiger charge is 2.06. The summed E-state index contributed by atoms with van der Waals surface area (Å²) in [5.41, 5.74) is 9.16. The van der Waals surface area contributed by atoms with Crippen LogP contribution < -0.4 is 5.73 Å². The predicted octanol–water partition coefficient (Wildman–Crippen LogP) is 4.49. The van der Waals surface area contributed by atoms with Crippen LogP contribution in [-0.2, 0) is 13.1 Å². The molecule has 0 unspecified atom stereocenters. The minimum absolute atomic E-state index is 0.805. The molecule has 0 spiro atoms. The number of halogens is 2. The average Bonchev–Trinajstić information content (AvgIpc) is 2.69. The van der Waals surface area contributed by atoms with Crippen LogP contribution in [0.25, 0.3) is 0 Å². The Kier molecular flexibility index (Phi) is 4.84. The highest BCUT2D eigenvalue weighted by atomic mass is 79.9. The molecule has 0 fully saturated rings. The van der Waals surface area contributed by atoms with Gasteiger partial charge < -0.3 is 5.73 Å². The van der Waals surface area contributed by atoms with Gasteiger partial charge in [0.15, 0.2) is 0 Å². The molecule has 2 nitrogen and oxygen atoms in total. The van der Waals surface area contributed by atoms with Crippen LogP contribution in [0, 0.1) is 0 Å². The lowest BCUT2D eigenvalue weighted by Gasteiger charge is -2.17. The molecule has 2 rings (SSSR count). The maximum Gasteiger partial charge on any atom is 0.0701 e. The van der Waals surface area contributed by atoms with E-state index in [0.29, 0.717) is 0 Å². The summed E-state index contributed by atoms with van der Waals surface area (Å²) in [5.74, 6) is 0. The van der Waals surface area contributed by atoms with E-state index in [1.165, 1.54) is 14.9 Å². The van der Waals surface area contributed by atoms with E-state index in [4.69, 9.17) is 5.73 Å². The zero-order valence-electron chi connectivity index (χ0n) is 9.99. The maximum absolute atomic E-state index is 5.82. The Balaban J connectivity index is 2.02. The Bertz CT molecular complexity index is 540. The van der Waals surface area contributed by atoms with Crippen LogP contribution >= 0.6 is 43.2 Å². The first kappa shape index (κ1) is 14.1. The van der Waals surface area contributed by atoms with E-state index in [2.05, 4.69) is 55.3 Å². The number of nitrogens with zero attached hydrogens (tertiary/aromatic N) is 1. The molecule has 0 amide bonds. The van der Waals surface area contributed by atoms with Gasteiger partial charge in [0.25, 0.3) is 0 Å². The molecule has 0 radical (unpaired) electrons. The van der Waals surface area contributed by atoms with Crippen LogP contribution in [-0.4, -0.2) is 11.9 Å². The van der Waals surface area contributed by atoms with Gasteiger partial charge in [0.05, 0.1) is 3.79 Å². The van der Waals surface area contributed by atoms with Gasteiger partial charge in [-0.25, -0.2) is 0 Å². The van der Waals surface area contributed by atoms with E-state index in [1.54, 1.807) is 11.3 Å². The Morgan fingerprint density at radius 3 is 2.67 bits per heavy atom. The topological polar surface area (TPSA) is 29.3 Å².